The molecule has 1 saturated heterocycles. The van der Waals surface area contributed by atoms with Crippen molar-refractivity contribution in [1.29, 1.82) is 0 Å². The zero-order chi connectivity index (χ0) is 15.1. The van der Waals surface area contributed by atoms with E-state index in [2.05, 4.69) is 15.1 Å². The Kier molecular flexibility index (Phi) is 3.08. The third kappa shape index (κ3) is 2.22. The number of likely N-dealkylation sites (tertiary alicyclic amines) is 1. The maximum Gasteiger partial charge on any atom is 0.308 e. The molecule has 0 saturated carbocycles. The lowest BCUT2D eigenvalue weighted by Crippen LogP contribution is -2.30. The van der Waals surface area contributed by atoms with Crippen LogP contribution in [0.25, 0.3) is 5.78 Å². The van der Waals surface area contributed by atoms with E-state index in [1.807, 2.05) is 13.8 Å². The first-order valence-corrected chi connectivity index (χ1v) is 6.68. The fourth-order valence-electron chi connectivity index (χ4n) is 2.59. The van der Waals surface area contributed by atoms with Crippen LogP contribution in [0.3, 0.4) is 0 Å². The van der Waals surface area contributed by atoms with Crippen LogP contribution < -0.4 is 0 Å². The van der Waals surface area contributed by atoms with Gasteiger partial charge in [-0.3, -0.25) is 9.59 Å². The molecule has 8 heteroatoms. The molecule has 0 radical (unpaired) electrons. The van der Waals surface area contributed by atoms with Gasteiger partial charge in [-0.2, -0.15) is 4.98 Å². The number of amides is 1. The molecule has 1 aliphatic rings. The van der Waals surface area contributed by atoms with E-state index in [0.29, 0.717) is 12.3 Å². The van der Waals surface area contributed by atoms with Gasteiger partial charge in [0.1, 0.15) is 0 Å². The van der Waals surface area contributed by atoms with Crippen molar-refractivity contribution in [3.05, 3.63) is 23.8 Å². The standard InChI is InChI=1S/C13H15N5O3/c1-7-5-17(6-9(7)12(20)21)11(19)10-15-13-14-4-3-8(2)18(13)16-10/h3-4,7,9H,5-6H2,1-2H3,(H,20,21)/t7-,9-/m1/s1. The molecule has 1 N–H and O–H groups in total. The minimum absolute atomic E-state index is 0.0510. The van der Waals surface area contributed by atoms with Crippen LogP contribution in [-0.4, -0.2) is 54.6 Å². The minimum Gasteiger partial charge on any atom is -0.481 e. The van der Waals surface area contributed by atoms with Crippen molar-refractivity contribution < 1.29 is 14.7 Å². The molecule has 2 aromatic heterocycles. The maximum absolute atomic E-state index is 12.4. The van der Waals surface area contributed by atoms with Gasteiger partial charge in [0.25, 0.3) is 11.7 Å². The summed E-state index contributed by atoms with van der Waals surface area (Å²) in [6.45, 7) is 4.26. The van der Waals surface area contributed by atoms with Crippen molar-refractivity contribution in [2.24, 2.45) is 11.8 Å². The summed E-state index contributed by atoms with van der Waals surface area (Å²) < 4.78 is 1.50. The maximum atomic E-state index is 12.4. The van der Waals surface area contributed by atoms with Crippen LogP contribution in [0.1, 0.15) is 23.2 Å². The Morgan fingerprint density at radius 3 is 2.76 bits per heavy atom. The summed E-state index contributed by atoms with van der Waals surface area (Å²) >= 11 is 0. The van der Waals surface area contributed by atoms with E-state index in [0.717, 1.165) is 5.69 Å². The zero-order valence-electron chi connectivity index (χ0n) is 11.7. The van der Waals surface area contributed by atoms with E-state index < -0.39 is 11.9 Å². The van der Waals surface area contributed by atoms with Gasteiger partial charge in [-0.25, -0.2) is 9.50 Å². The van der Waals surface area contributed by atoms with Gasteiger partial charge in [-0.1, -0.05) is 6.92 Å². The molecule has 21 heavy (non-hydrogen) atoms. The predicted octanol–water partition coefficient (Wildman–Crippen LogP) is 0.225. The number of rotatable bonds is 2. The molecular weight excluding hydrogens is 274 g/mol. The molecule has 2 atom stereocenters. The summed E-state index contributed by atoms with van der Waals surface area (Å²) in [5.74, 6) is -1.43. The van der Waals surface area contributed by atoms with Crippen LogP contribution in [0, 0.1) is 18.8 Å². The fraction of sp³-hybridized carbons (Fsp3) is 0.462. The molecule has 3 heterocycles. The predicted molar refractivity (Wildman–Crippen MR) is 71.7 cm³/mol. The van der Waals surface area contributed by atoms with Gasteiger partial charge < -0.3 is 10.0 Å². The van der Waals surface area contributed by atoms with Crippen LogP contribution in [0.15, 0.2) is 12.3 Å². The molecule has 1 fully saturated rings. The third-order valence-corrected chi connectivity index (χ3v) is 3.84. The topological polar surface area (TPSA) is 101 Å². The van der Waals surface area contributed by atoms with Crippen molar-refractivity contribution in [3.63, 3.8) is 0 Å². The normalized spacial score (nSPS) is 21.9. The monoisotopic (exact) mass is 289 g/mol. The van der Waals surface area contributed by atoms with Crippen LogP contribution in [0.2, 0.25) is 0 Å². The van der Waals surface area contributed by atoms with Crippen molar-refractivity contribution in [3.8, 4) is 0 Å². The van der Waals surface area contributed by atoms with E-state index in [9.17, 15) is 9.59 Å². The van der Waals surface area contributed by atoms with E-state index in [1.165, 1.54) is 9.42 Å². The lowest BCUT2D eigenvalue weighted by Gasteiger charge is -2.12. The number of carbonyl (C=O) groups is 2. The highest BCUT2D eigenvalue weighted by Gasteiger charge is 2.38. The number of aromatic nitrogens is 4. The average Bonchev–Trinajstić information content (AvgIpc) is 3.02. The van der Waals surface area contributed by atoms with Crippen LogP contribution in [-0.2, 0) is 4.79 Å². The number of hydrogen-bond acceptors (Lipinski definition) is 5. The lowest BCUT2D eigenvalue weighted by molar-refractivity contribution is -0.142. The molecule has 1 amide bonds. The van der Waals surface area contributed by atoms with Crippen LogP contribution in [0.5, 0.6) is 0 Å². The van der Waals surface area contributed by atoms with E-state index in [-0.39, 0.29) is 24.2 Å². The second kappa shape index (κ2) is 4.80. The fourth-order valence-corrected chi connectivity index (χ4v) is 2.59. The molecular formula is C13H15N5O3. The zero-order valence-corrected chi connectivity index (χ0v) is 11.7. The average molecular weight is 289 g/mol. The number of nitrogens with zero attached hydrogens (tertiary/aromatic N) is 5. The van der Waals surface area contributed by atoms with Gasteiger partial charge in [0.2, 0.25) is 5.82 Å². The van der Waals surface area contributed by atoms with Crippen molar-refractivity contribution >= 4 is 17.7 Å². The number of carboxylic acid groups (broad SMARTS) is 1. The first-order chi connectivity index (χ1) is 9.97. The van der Waals surface area contributed by atoms with Gasteiger partial charge >= 0.3 is 5.97 Å². The lowest BCUT2D eigenvalue weighted by atomic mass is 9.99. The van der Waals surface area contributed by atoms with Gasteiger partial charge in [-0.15, -0.1) is 5.10 Å². The summed E-state index contributed by atoms with van der Waals surface area (Å²) in [5.41, 5.74) is 0.824. The van der Waals surface area contributed by atoms with E-state index in [1.54, 1.807) is 12.3 Å². The molecule has 8 nitrogen and oxygen atoms in total. The Balaban J connectivity index is 1.88. The molecule has 0 bridgehead atoms. The number of hydrogen-bond donors (Lipinski definition) is 1. The molecule has 0 spiro atoms. The highest BCUT2D eigenvalue weighted by atomic mass is 16.4. The molecule has 110 valence electrons. The van der Waals surface area contributed by atoms with Crippen molar-refractivity contribution in [2.45, 2.75) is 13.8 Å². The molecule has 0 aromatic carbocycles. The second-order valence-electron chi connectivity index (χ2n) is 5.37. The highest BCUT2D eigenvalue weighted by Crippen LogP contribution is 2.24. The van der Waals surface area contributed by atoms with Crippen molar-refractivity contribution in [2.75, 3.05) is 13.1 Å². The summed E-state index contributed by atoms with van der Waals surface area (Å²) in [5, 5.41) is 13.3. The van der Waals surface area contributed by atoms with E-state index >= 15 is 0 Å². The Bertz CT molecular complexity index is 726. The van der Waals surface area contributed by atoms with Gasteiger partial charge in [0.05, 0.1) is 5.92 Å². The summed E-state index contributed by atoms with van der Waals surface area (Å²) in [6.07, 6.45) is 1.60. The highest BCUT2D eigenvalue weighted by molar-refractivity contribution is 5.91. The Labute approximate surface area is 120 Å². The number of fused-ring (bicyclic) bond motifs is 1. The Hall–Kier alpha value is -2.51. The van der Waals surface area contributed by atoms with Gasteiger partial charge in [-0.05, 0) is 18.9 Å². The molecule has 0 unspecified atom stereocenters. The summed E-state index contributed by atoms with van der Waals surface area (Å²) in [7, 11) is 0. The van der Waals surface area contributed by atoms with Crippen LogP contribution in [0.4, 0.5) is 0 Å². The first kappa shape index (κ1) is 13.5. The van der Waals surface area contributed by atoms with Crippen molar-refractivity contribution in [1.82, 2.24) is 24.5 Å². The number of aliphatic carboxylic acids is 1. The largest absolute Gasteiger partial charge is 0.481 e. The Morgan fingerprint density at radius 1 is 1.38 bits per heavy atom. The third-order valence-electron chi connectivity index (χ3n) is 3.84. The summed E-state index contributed by atoms with van der Waals surface area (Å²) in [6, 6.07) is 1.77. The second-order valence-corrected chi connectivity index (χ2v) is 5.37. The number of carbonyl (C=O) groups excluding carboxylic acids is 1. The van der Waals surface area contributed by atoms with Crippen LogP contribution >= 0.6 is 0 Å². The Morgan fingerprint density at radius 2 is 2.14 bits per heavy atom. The molecule has 3 rings (SSSR count). The molecule has 0 aliphatic carbocycles. The van der Waals surface area contributed by atoms with Gasteiger partial charge in [0, 0.05) is 25.0 Å². The van der Waals surface area contributed by atoms with Gasteiger partial charge in [0.15, 0.2) is 0 Å². The molecule has 1 aliphatic heterocycles. The summed E-state index contributed by atoms with van der Waals surface area (Å²) in [4.78, 5) is 33.2. The smallest absolute Gasteiger partial charge is 0.308 e. The number of carboxylic acids is 1. The quantitative estimate of drug-likeness (QED) is 0.849. The SMILES string of the molecule is Cc1ccnc2nc(C(=O)N3C[C@@H](C)[C@H](C(=O)O)C3)nn12. The van der Waals surface area contributed by atoms with E-state index in [4.69, 9.17) is 5.11 Å². The number of aryl methyl sites for hydroxylation is 1. The molecule has 2 aromatic rings. The minimum atomic E-state index is -0.877. The first-order valence-electron chi connectivity index (χ1n) is 6.68.